The lowest BCUT2D eigenvalue weighted by atomic mass is 9.95. The molecule has 1 aliphatic heterocycles. The Morgan fingerprint density at radius 3 is 2.84 bits per heavy atom. The Hall–Kier alpha value is -1.53. The molecule has 0 aliphatic carbocycles. The van der Waals surface area contributed by atoms with E-state index < -0.39 is 5.60 Å². The molecule has 1 atom stereocenters. The van der Waals surface area contributed by atoms with Gasteiger partial charge in [0.15, 0.2) is 0 Å². The number of piperidine rings is 1. The summed E-state index contributed by atoms with van der Waals surface area (Å²) in [5.74, 6) is -0.172. The number of likely N-dealkylation sites (tertiary alicyclic amines) is 1. The second-order valence-electron chi connectivity index (χ2n) is 5.12. The van der Waals surface area contributed by atoms with Crippen LogP contribution in [0.3, 0.4) is 0 Å². The standard InChI is InChI=1S/C13H17N3O2S/c1-13(18)5-2-6-16(8-13)12(17)10-4-3-9(7-15-10)11(14)19/h3-4,7,18H,2,5-6,8H2,1H3,(H2,14,19). The van der Waals surface area contributed by atoms with Gasteiger partial charge in [-0.3, -0.25) is 9.78 Å². The predicted molar refractivity (Wildman–Crippen MR) is 75.9 cm³/mol. The third-order valence-corrected chi connectivity index (χ3v) is 3.46. The van der Waals surface area contributed by atoms with Gasteiger partial charge in [-0.25, -0.2) is 0 Å². The minimum atomic E-state index is -0.813. The second-order valence-corrected chi connectivity index (χ2v) is 5.56. The van der Waals surface area contributed by atoms with Gasteiger partial charge in [-0.05, 0) is 31.9 Å². The van der Waals surface area contributed by atoms with E-state index in [0.29, 0.717) is 30.8 Å². The van der Waals surface area contributed by atoms with E-state index in [1.807, 2.05) is 0 Å². The van der Waals surface area contributed by atoms with Gasteiger partial charge in [0.25, 0.3) is 5.91 Å². The average molecular weight is 279 g/mol. The molecule has 1 amide bonds. The number of amides is 1. The first-order chi connectivity index (χ1) is 8.89. The first-order valence-electron chi connectivity index (χ1n) is 6.16. The summed E-state index contributed by atoms with van der Waals surface area (Å²) < 4.78 is 0. The number of hydrogen-bond acceptors (Lipinski definition) is 4. The maximum atomic E-state index is 12.3. The van der Waals surface area contributed by atoms with Crippen LogP contribution in [0.15, 0.2) is 18.3 Å². The topological polar surface area (TPSA) is 79.5 Å². The zero-order chi connectivity index (χ0) is 14.0. The molecular formula is C13H17N3O2S. The Morgan fingerprint density at radius 2 is 2.32 bits per heavy atom. The van der Waals surface area contributed by atoms with Gasteiger partial charge in [0.1, 0.15) is 10.7 Å². The quantitative estimate of drug-likeness (QED) is 0.779. The number of rotatable bonds is 2. The number of β-amino-alcohol motifs (C(OH)–C–C–N with tert-alkyl or cyclic N) is 1. The van der Waals surface area contributed by atoms with Crippen molar-refractivity contribution in [2.45, 2.75) is 25.4 Å². The molecule has 1 aromatic rings. The number of thiocarbonyl (C=S) groups is 1. The van der Waals surface area contributed by atoms with E-state index in [0.717, 1.165) is 6.42 Å². The van der Waals surface area contributed by atoms with Crippen LogP contribution in [0.4, 0.5) is 0 Å². The fourth-order valence-corrected chi connectivity index (χ4v) is 2.34. The van der Waals surface area contributed by atoms with Gasteiger partial charge in [0.2, 0.25) is 0 Å². The molecule has 1 saturated heterocycles. The summed E-state index contributed by atoms with van der Waals surface area (Å²) in [6.45, 7) is 2.73. The number of carbonyl (C=O) groups excluding carboxylic acids is 1. The van der Waals surface area contributed by atoms with Crippen LogP contribution in [0.1, 0.15) is 35.8 Å². The van der Waals surface area contributed by atoms with Crippen molar-refractivity contribution in [3.8, 4) is 0 Å². The molecule has 0 saturated carbocycles. The number of pyridine rings is 1. The van der Waals surface area contributed by atoms with Gasteiger partial charge in [-0.15, -0.1) is 0 Å². The van der Waals surface area contributed by atoms with Crippen molar-refractivity contribution < 1.29 is 9.90 Å². The Kier molecular flexibility index (Phi) is 3.82. The van der Waals surface area contributed by atoms with Crippen molar-refractivity contribution in [3.63, 3.8) is 0 Å². The number of aliphatic hydroxyl groups is 1. The molecule has 1 unspecified atom stereocenters. The SMILES string of the molecule is CC1(O)CCCN(C(=O)c2ccc(C(N)=S)cn2)C1. The van der Waals surface area contributed by atoms with Crippen molar-refractivity contribution >= 4 is 23.1 Å². The highest BCUT2D eigenvalue weighted by Crippen LogP contribution is 2.21. The summed E-state index contributed by atoms with van der Waals surface area (Å²) in [5, 5.41) is 10.0. The van der Waals surface area contributed by atoms with Crippen LogP contribution in [0, 0.1) is 0 Å². The molecule has 1 aromatic heterocycles. The lowest BCUT2D eigenvalue weighted by Gasteiger charge is -2.36. The molecule has 102 valence electrons. The molecule has 0 spiro atoms. The first-order valence-corrected chi connectivity index (χ1v) is 6.57. The summed E-state index contributed by atoms with van der Waals surface area (Å²) >= 11 is 4.84. The fraction of sp³-hybridized carbons (Fsp3) is 0.462. The molecule has 3 N–H and O–H groups in total. The largest absolute Gasteiger partial charge is 0.389 e. The Morgan fingerprint density at radius 1 is 1.58 bits per heavy atom. The summed E-state index contributed by atoms with van der Waals surface area (Å²) in [4.78, 5) is 18.2. The zero-order valence-corrected chi connectivity index (χ0v) is 11.6. The van der Waals surface area contributed by atoms with Crippen LogP contribution < -0.4 is 5.73 Å². The lowest BCUT2D eigenvalue weighted by Crippen LogP contribution is -2.48. The molecule has 0 radical (unpaired) electrons. The fourth-order valence-electron chi connectivity index (χ4n) is 2.22. The van der Waals surface area contributed by atoms with Crippen molar-refractivity contribution in [2.24, 2.45) is 5.73 Å². The summed E-state index contributed by atoms with van der Waals surface area (Å²) in [6, 6.07) is 3.30. The Balaban J connectivity index is 2.13. The summed E-state index contributed by atoms with van der Waals surface area (Å²) in [7, 11) is 0. The van der Waals surface area contributed by atoms with Gasteiger partial charge >= 0.3 is 0 Å². The minimum Gasteiger partial charge on any atom is -0.389 e. The van der Waals surface area contributed by atoms with Crippen LogP contribution in [0.5, 0.6) is 0 Å². The lowest BCUT2D eigenvalue weighted by molar-refractivity contribution is -0.0109. The summed E-state index contributed by atoms with van der Waals surface area (Å²) in [5.41, 5.74) is 5.65. The van der Waals surface area contributed by atoms with Crippen LogP contribution in [-0.2, 0) is 0 Å². The summed E-state index contributed by atoms with van der Waals surface area (Å²) in [6.07, 6.45) is 3.01. The third-order valence-electron chi connectivity index (χ3n) is 3.23. The molecule has 2 heterocycles. The van der Waals surface area contributed by atoms with E-state index in [4.69, 9.17) is 18.0 Å². The maximum Gasteiger partial charge on any atom is 0.272 e. The van der Waals surface area contributed by atoms with Crippen molar-refractivity contribution in [1.29, 1.82) is 0 Å². The van der Waals surface area contributed by atoms with Crippen molar-refractivity contribution in [3.05, 3.63) is 29.6 Å². The Labute approximate surface area is 117 Å². The second kappa shape index (κ2) is 5.22. The smallest absolute Gasteiger partial charge is 0.272 e. The van der Waals surface area contributed by atoms with E-state index in [2.05, 4.69) is 4.98 Å². The van der Waals surface area contributed by atoms with E-state index in [1.54, 1.807) is 24.0 Å². The van der Waals surface area contributed by atoms with E-state index in [1.165, 1.54) is 6.20 Å². The molecule has 6 heteroatoms. The van der Waals surface area contributed by atoms with Gasteiger partial charge in [-0.1, -0.05) is 12.2 Å². The van der Waals surface area contributed by atoms with E-state index >= 15 is 0 Å². The number of hydrogen-bond donors (Lipinski definition) is 2. The number of aromatic nitrogens is 1. The highest BCUT2D eigenvalue weighted by atomic mass is 32.1. The van der Waals surface area contributed by atoms with Crippen LogP contribution in [0.2, 0.25) is 0 Å². The number of carbonyl (C=O) groups is 1. The number of nitrogens with zero attached hydrogens (tertiary/aromatic N) is 2. The van der Waals surface area contributed by atoms with Gasteiger partial charge in [0, 0.05) is 24.8 Å². The highest BCUT2D eigenvalue weighted by Gasteiger charge is 2.31. The van der Waals surface area contributed by atoms with Gasteiger partial charge < -0.3 is 15.7 Å². The van der Waals surface area contributed by atoms with Crippen molar-refractivity contribution in [2.75, 3.05) is 13.1 Å². The first kappa shape index (κ1) is 13.9. The number of nitrogens with two attached hydrogens (primary N) is 1. The van der Waals surface area contributed by atoms with Crippen LogP contribution in [-0.4, -0.2) is 44.6 Å². The molecule has 0 bridgehead atoms. The molecule has 5 nitrogen and oxygen atoms in total. The van der Waals surface area contributed by atoms with Gasteiger partial charge in [0.05, 0.1) is 5.60 Å². The van der Waals surface area contributed by atoms with Gasteiger partial charge in [-0.2, -0.15) is 0 Å². The zero-order valence-electron chi connectivity index (χ0n) is 10.8. The van der Waals surface area contributed by atoms with Crippen LogP contribution in [0.25, 0.3) is 0 Å². The molecule has 19 heavy (non-hydrogen) atoms. The minimum absolute atomic E-state index is 0.172. The third kappa shape index (κ3) is 3.27. The van der Waals surface area contributed by atoms with E-state index in [9.17, 15) is 9.90 Å². The molecular weight excluding hydrogens is 262 g/mol. The highest BCUT2D eigenvalue weighted by molar-refractivity contribution is 7.80. The Bertz CT molecular complexity index is 499. The molecule has 0 aromatic carbocycles. The normalized spacial score (nSPS) is 23.2. The van der Waals surface area contributed by atoms with Crippen LogP contribution >= 0.6 is 12.2 Å². The van der Waals surface area contributed by atoms with Crippen molar-refractivity contribution in [1.82, 2.24) is 9.88 Å². The maximum absolute atomic E-state index is 12.3. The predicted octanol–water partition coefficient (Wildman–Crippen LogP) is 0.703. The monoisotopic (exact) mass is 279 g/mol. The molecule has 2 rings (SSSR count). The molecule has 1 aliphatic rings. The van der Waals surface area contributed by atoms with E-state index in [-0.39, 0.29) is 10.9 Å². The molecule has 1 fully saturated rings. The average Bonchev–Trinajstić information content (AvgIpc) is 2.37.